The highest BCUT2D eigenvalue weighted by Gasteiger charge is 2.16. The molecule has 0 amide bonds. The van der Waals surface area contributed by atoms with E-state index in [1.54, 1.807) is 22.9 Å². The second kappa shape index (κ2) is 4.63. The minimum absolute atomic E-state index is 0.0979. The highest BCUT2D eigenvalue weighted by molar-refractivity contribution is 6.34. The lowest BCUT2D eigenvalue weighted by Crippen LogP contribution is -2.16. The fourth-order valence-corrected chi connectivity index (χ4v) is 2.20. The summed E-state index contributed by atoms with van der Waals surface area (Å²) in [6.07, 6.45) is 0. The van der Waals surface area contributed by atoms with Crippen molar-refractivity contribution < 1.29 is 0 Å². The fraction of sp³-hybridized carbons (Fsp3) is 0.167. The Balaban J connectivity index is 2.75. The van der Waals surface area contributed by atoms with E-state index in [1.807, 2.05) is 13.8 Å². The van der Waals surface area contributed by atoms with E-state index in [0.717, 1.165) is 11.4 Å². The van der Waals surface area contributed by atoms with Crippen molar-refractivity contribution in [1.82, 2.24) is 9.78 Å². The van der Waals surface area contributed by atoms with Crippen molar-refractivity contribution in [2.45, 2.75) is 13.8 Å². The van der Waals surface area contributed by atoms with E-state index in [2.05, 4.69) is 5.10 Å². The molecule has 2 aromatic rings. The number of benzene rings is 1. The van der Waals surface area contributed by atoms with E-state index < -0.39 is 0 Å². The molecule has 0 bridgehead atoms. The maximum atomic E-state index is 7.62. The van der Waals surface area contributed by atoms with Gasteiger partial charge in [0.05, 0.1) is 32.7 Å². The topological polar surface area (TPSA) is 67.7 Å². The van der Waals surface area contributed by atoms with Crippen molar-refractivity contribution in [2.75, 3.05) is 0 Å². The van der Waals surface area contributed by atoms with Crippen LogP contribution in [0.25, 0.3) is 5.69 Å². The van der Waals surface area contributed by atoms with Crippen LogP contribution in [-0.4, -0.2) is 15.6 Å². The molecule has 2 rings (SSSR count). The van der Waals surface area contributed by atoms with E-state index in [0.29, 0.717) is 21.3 Å². The predicted octanol–water partition coefficient (Wildman–Crippen LogP) is 3.08. The summed E-state index contributed by atoms with van der Waals surface area (Å²) in [7, 11) is 0. The second-order valence-corrected chi connectivity index (χ2v) is 4.73. The van der Waals surface area contributed by atoms with Crippen LogP contribution in [0.3, 0.4) is 0 Å². The average Bonchev–Trinajstić information content (AvgIpc) is 2.56. The number of aromatic nitrogens is 2. The van der Waals surface area contributed by atoms with E-state index in [-0.39, 0.29) is 5.84 Å². The lowest BCUT2D eigenvalue weighted by atomic mass is 10.1. The van der Waals surface area contributed by atoms with Crippen molar-refractivity contribution in [3.8, 4) is 5.69 Å². The minimum Gasteiger partial charge on any atom is -0.384 e. The minimum atomic E-state index is -0.0979. The van der Waals surface area contributed by atoms with Crippen LogP contribution in [0.4, 0.5) is 0 Å². The summed E-state index contributed by atoms with van der Waals surface area (Å²) in [5.74, 6) is -0.0979. The maximum Gasteiger partial charge on any atom is 0.126 e. The van der Waals surface area contributed by atoms with Crippen LogP contribution in [0.15, 0.2) is 18.2 Å². The van der Waals surface area contributed by atoms with Crippen LogP contribution in [0.5, 0.6) is 0 Å². The standard InChI is InChI=1S/C12H12Cl2N4/c1-6-11(14)7(2)18(17-6)9-5-3-4-8(13)10(9)12(15)16/h3-5H,1-2H3,(H3,15,16). The van der Waals surface area contributed by atoms with Crippen molar-refractivity contribution in [1.29, 1.82) is 5.41 Å². The molecule has 94 valence electrons. The molecular formula is C12H12Cl2N4. The highest BCUT2D eigenvalue weighted by atomic mass is 35.5. The molecule has 18 heavy (non-hydrogen) atoms. The number of nitrogen functional groups attached to an aromatic ring is 1. The first-order valence-electron chi connectivity index (χ1n) is 5.28. The van der Waals surface area contributed by atoms with Gasteiger partial charge in [-0.05, 0) is 26.0 Å². The van der Waals surface area contributed by atoms with E-state index >= 15 is 0 Å². The monoisotopic (exact) mass is 282 g/mol. The number of nitrogens with two attached hydrogens (primary N) is 1. The number of rotatable bonds is 2. The molecule has 0 radical (unpaired) electrons. The van der Waals surface area contributed by atoms with Gasteiger partial charge < -0.3 is 5.73 Å². The Labute approximate surface area is 115 Å². The third-order valence-electron chi connectivity index (χ3n) is 2.69. The van der Waals surface area contributed by atoms with Crippen LogP contribution in [0.2, 0.25) is 10.0 Å². The van der Waals surface area contributed by atoms with Gasteiger partial charge in [0, 0.05) is 0 Å². The van der Waals surface area contributed by atoms with Gasteiger partial charge in [0.1, 0.15) is 5.84 Å². The van der Waals surface area contributed by atoms with Gasteiger partial charge in [-0.15, -0.1) is 0 Å². The van der Waals surface area contributed by atoms with Gasteiger partial charge in [-0.25, -0.2) is 4.68 Å². The molecule has 0 saturated heterocycles. The molecule has 0 aliphatic carbocycles. The van der Waals surface area contributed by atoms with Gasteiger partial charge >= 0.3 is 0 Å². The van der Waals surface area contributed by atoms with Gasteiger partial charge in [-0.2, -0.15) is 5.10 Å². The van der Waals surface area contributed by atoms with Crippen molar-refractivity contribution in [3.05, 3.63) is 45.2 Å². The first-order valence-corrected chi connectivity index (χ1v) is 6.04. The predicted molar refractivity (Wildman–Crippen MR) is 74.1 cm³/mol. The molecular weight excluding hydrogens is 271 g/mol. The number of hydrogen-bond donors (Lipinski definition) is 2. The zero-order valence-electron chi connectivity index (χ0n) is 9.96. The molecule has 6 heteroatoms. The summed E-state index contributed by atoms with van der Waals surface area (Å²) < 4.78 is 1.65. The lowest BCUT2D eigenvalue weighted by Gasteiger charge is -2.11. The smallest absolute Gasteiger partial charge is 0.126 e. The quantitative estimate of drug-likeness (QED) is 0.657. The van der Waals surface area contributed by atoms with Gasteiger partial charge in [0.15, 0.2) is 0 Å². The molecule has 0 unspecified atom stereocenters. The molecule has 3 N–H and O–H groups in total. The molecule has 4 nitrogen and oxygen atoms in total. The Morgan fingerprint density at radius 3 is 2.50 bits per heavy atom. The van der Waals surface area contributed by atoms with Gasteiger partial charge in [0.2, 0.25) is 0 Å². The van der Waals surface area contributed by atoms with Crippen LogP contribution in [0.1, 0.15) is 17.0 Å². The molecule has 0 fully saturated rings. The van der Waals surface area contributed by atoms with Crippen LogP contribution >= 0.6 is 23.2 Å². The molecule has 0 aliphatic rings. The summed E-state index contributed by atoms with van der Waals surface area (Å²) in [5.41, 5.74) is 8.20. The SMILES string of the molecule is Cc1nn(-c2cccc(Cl)c2C(=N)N)c(C)c1Cl. The largest absolute Gasteiger partial charge is 0.384 e. The Morgan fingerprint density at radius 1 is 1.33 bits per heavy atom. The second-order valence-electron chi connectivity index (χ2n) is 3.94. The van der Waals surface area contributed by atoms with Crippen molar-refractivity contribution in [3.63, 3.8) is 0 Å². The number of amidine groups is 1. The third-order valence-corrected chi connectivity index (χ3v) is 3.55. The van der Waals surface area contributed by atoms with Crippen molar-refractivity contribution in [2.24, 2.45) is 5.73 Å². The Morgan fingerprint density at radius 2 is 2.00 bits per heavy atom. The van der Waals surface area contributed by atoms with E-state index in [1.165, 1.54) is 0 Å². The summed E-state index contributed by atoms with van der Waals surface area (Å²) in [4.78, 5) is 0. The average molecular weight is 283 g/mol. The molecule has 1 aromatic heterocycles. The summed E-state index contributed by atoms with van der Waals surface area (Å²) >= 11 is 12.2. The number of nitrogens with one attached hydrogen (secondary N) is 1. The Bertz CT molecular complexity index is 631. The molecule has 0 spiro atoms. The third kappa shape index (κ3) is 1.98. The molecule has 1 heterocycles. The van der Waals surface area contributed by atoms with Gasteiger partial charge in [0.25, 0.3) is 0 Å². The highest BCUT2D eigenvalue weighted by Crippen LogP contribution is 2.27. The molecule has 0 saturated carbocycles. The fourth-order valence-electron chi connectivity index (χ4n) is 1.81. The zero-order chi connectivity index (χ0) is 13.4. The number of aryl methyl sites for hydroxylation is 1. The van der Waals surface area contributed by atoms with E-state index in [4.69, 9.17) is 34.3 Å². The first-order chi connectivity index (χ1) is 8.43. The summed E-state index contributed by atoms with van der Waals surface area (Å²) in [5, 5.41) is 13.0. The first kappa shape index (κ1) is 12.9. The van der Waals surface area contributed by atoms with Crippen LogP contribution in [-0.2, 0) is 0 Å². The Kier molecular flexibility index (Phi) is 3.32. The number of nitrogens with zero attached hydrogens (tertiary/aromatic N) is 2. The zero-order valence-corrected chi connectivity index (χ0v) is 11.5. The maximum absolute atomic E-state index is 7.62. The number of hydrogen-bond acceptors (Lipinski definition) is 2. The Hall–Kier alpha value is -1.52. The molecule has 0 aliphatic heterocycles. The van der Waals surface area contributed by atoms with Crippen LogP contribution < -0.4 is 5.73 Å². The lowest BCUT2D eigenvalue weighted by molar-refractivity contribution is 0.831. The summed E-state index contributed by atoms with van der Waals surface area (Å²) in [6.45, 7) is 3.68. The normalized spacial score (nSPS) is 10.7. The number of halogens is 2. The summed E-state index contributed by atoms with van der Waals surface area (Å²) in [6, 6.07) is 5.28. The van der Waals surface area contributed by atoms with Gasteiger partial charge in [-0.3, -0.25) is 5.41 Å². The van der Waals surface area contributed by atoms with E-state index in [9.17, 15) is 0 Å². The molecule has 1 aromatic carbocycles. The van der Waals surface area contributed by atoms with Crippen LogP contribution in [0, 0.1) is 19.3 Å². The van der Waals surface area contributed by atoms with Gasteiger partial charge in [-0.1, -0.05) is 29.3 Å². The molecule has 0 atom stereocenters. The van der Waals surface area contributed by atoms with Crippen molar-refractivity contribution >= 4 is 29.0 Å².